The lowest BCUT2D eigenvalue weighted by atomic mass is 10.3. The Bertz CT molecular complexity index is 588. The molecule has 3 rings (SSSR count). The van der Waals surface area contributed by atoms with Crippen LogP contribution in [0.5, 0.6) is 0 Å². The highest BCUT2D eigenvalue weighted by Crippen LogP contribution is 2.41. The SMILES string of the molecule is Cc1ccc(C(Br)c2cc3sccc3s2)s1. The van der Waals surface area contributed by atoms with E-state index in [0.29, 0.717) is 4.83 Å². The van der Waals surface area contributed by atoms with Gasteiger partial charge in [0.2, 0.25) is 0 Å². The smallest absolute Gasteiger partial charge is 0.0831 e. The summed E-state index contributed by atoms with van der Waals surface area (Å²) in [4.78, 5) is 4.53. The highest BCUT2D eigenvalue weighted by molar-refractivity contribution is 9.09. The highest BCUT2D eigenvalue weighted by atomic mass is 79.9. The first-order valence-corrected chi connectivity index (χ1v) is 8.34. The number of aryl methyl sites for hydroxylation is 1. The lowest BCUT2D eigenvalue weighted by Gasteiger charge is -2.03. The van der Waals surface area contributed by atoms with Gasteiger partial charge in [0.1, 0.15) is 0 Å². The van der Waals surface area contributed by atoms with Crippen molar-refractivity contribution in [1.82, 2.24) is 0 Å². The number of fused-ring (bicyclic) bond motifs is 1. The summed E-state index contributed by atoms with van der Waals surface area (Å²) in [5, 5.41) is 2.16. The minimum absolute atomic E-state index is 0.357. The molecule has 0 N–H and O–H groups in total. The van der Waals surface area contributed by atoms with Gasteiger partial charge in [-0.1, -0.05) is 15.9 Å². The van der Waals surface area contributed by atoms with Crippen molar-refractivity contribution in [3.8, 4) is 0 Å². The summed E-state index contributed by atoms with van der Waals surface area (Å²) < 4.78 is 2.80. The van der Waals surface area contributed by atoms with Gasteiger partial charge in [-0.05, 0) is 36.6 Å². The van der Waals surface area contributed by atoms with Gasteiger partial charge >= 0.3 is 0 Å². The maximum atomic E-state index is 3.80. The van der Waals surface area contributed by atoms with Crippen LogP contribution in [0.1, 0.15) is 19.5 Å². The summed E-state index contributed by atoms with van der Waals surface area (Å²) in [6.45, 7) is 2.15. The van der Waals surface area contributed by atoms with Gasteiger partial charge in [0.25, 0.3) is 0 Å². The third kappa shape index (κ3) is 1.88. The first-order valence-electron chi connectivity index (χ1n) is 4.91. The van der Waals surface area contributed by atoms with Crippen molar-refractivity contribution in [3.63, 3.8) is 0 Å². The molecule has 82 valence electrons. The van der Waals surface area contributed by atoms with Crippen molar-refractivity contribution >= 4 is 59.3 Å². The van der Waals surface area contributed by atoms with Gasteiger partial charge < -0.3 is 0 Å². The van der Waals surface area contributed by atoms with E-state index in [2.05, 4.69) is 52.5 Å². The Morgan fingerprint density at radius 3 is 2.62 bits per heavy atom. The number of hydrogen-bond acceptors (Lipinski definition) is 3. The van der Waals surface area contributed by atoms with E-state index in [1.54, 1.807) is 0 Å². The number of hydrogen-bond donors (Lipinski definition) is 0. The van der Waals surface area contributed by atoms with Crippen LogP contribution in [0.4, 0.5) is 0 Å². The van der Waals surface area contributed by atoms with Crippen LogP contribution in [0.2, 0.25) is 0 Å². The summed E-state index contributed by atoms with van der Waals surface area (Å²) in [5.41, 5.74) is 0. The predicted octanol–water partition coefficient (Wildman–Crippen LogP) is 5.82. The molecule has 4 heteroatoms. The van der Waals surface area contributed by atoms with Crippen molar-refractivity contribution in [1.29, 1.82) is 0 Å². The Morgan fingerprint density at radius 1 is 1.06 bits per heavy atom. The zero-order valence-electron chi connectivity index (χ0n) is 8.57. The van der Waals surface area contributed by atoms with Crippen molar-refractivity contribution in [2.45, 2.75) is 11.8 Å². The lowest BCUT2D eigenvalue weighted by Crippen LogP contribution is -1.83. The molecule has 0 saturated carbocycles. The molecule has 0 spiro atoms. The molecule has 0 amide bonds. The van der Waals surface area contributed by atoms with Crippen molar-refractivity contribution in [2.75, 3.05) is 0 Å². The summed E-state index contributed by atoms with van der Waals surface area (Å²) in [6.07, 6.45) is 0. The molecule has 0 bridgehead atoms. The van der Waals surface area contributed by atoms with Gasteiger partial charge in [0.15, 0.2) is 0 Å². The van der Waals surface area contributed by atoms with Crippen LogP contribution < -0.4 is 0 Å². The number of alkyl halides is 1. The topological polar surface area (TPSA) is 0 Å². The van der Waals surface area contributed by atoms with Crippen LogP contribution in [-0.4, -0.2) is 0 Å². The molecule has 3 aromatic heterocycles. The second-order valence-corrected chi connectivity index (χ2v) is 7.91. The van der Waals surface area contributed by atoms with Crippen molar-refractivity contribution in [3.05, 3.63) is 44.3 Å². The van der Waals surface area contributed by atoms with Crippen LogP contribution >= 0.6 is 49.9 Å². The van der Waals surface area contributed by atoms with Gasteiger partial charge in [-0.3, -0.25) is 0 Å². The quantitative estimate of drug-likeness (QED) is 0.520. The molecule has 3 aromatic rings. The standard InChI is InChI=1S/C12H9BrS3/c1-7-2-3-9(15-7)12(13)11-6-10-8(16-11)4-5-14-10/h2-6,12H,1H3. The van der Waals surface area contributed by atoms with E-state index in [9.17, 15) is 0 Å². The lowest BCUT2D eigenvalue weighted by molar-refractivity contribution is 1.29. The van der Waals surface area contributed by atoms with Crippen molar-refractivity contribution in [2.24, 2.45) is 0 Å². The monoisotopic (exact) mass is 328 g/mol. The first kappa shape index (κ1) is 11.0. The summed E-state index contributed by atoms with van der Waals surface area (Å²) in [7, 11) is 0. The van der Waals surface area contributed by atoms with E-state index < -0.39 is 0 Å². The molecule has 3 heterocycles. The third-order valence-electron chi connectivity index (χ3n) is 2.42. The van der Waals surface area contributed by atoms with Crippen LogP contribution in [0.3, 0.4) is 0 Å². The number of rotatable bonds is 2. The first-order chi connectivity index (χ1) is 7.74. The molecule has 1 unspecified atom stereocenters. The molecule has 0 aliphatic rings. The Kier molecular flexibility index (Phi) is 2.92. The fraction of sp³-hybridized carbons (Fsp3) is 0.167. The normalized spacial score (nSPS) is 13.4. The van der Waals surface area contributed by atoms with Gasteiger partial charge in [0.05, 0.1) is 4.83 Å². The molecule has 0 fully saturated rings. The van der Waals surface area contributed by atoms with Crippen LogP contribution in [0.25, 0.3) is 9.40 Å². The van der Waals surface area contributed by atoms with E-state index in [0.717, 1.165) is 0 Å². The molecule has 16 heavy (non-hydrogen) atoms. The maximum Gasteiger partial charge on any atom is 0.0831 e. The second-order valence-electron chi connectivity index (χ2n) is 3.61. The summed E-state index contributed by atoms with van der Waals surface area (Å²) >= 11 is 9.37. The molecule has 1 atom stereocenters. The molecular weight excluding hydrogens is 320 g/mol. The van der Waals surface area contributed by atoms with Crippen LogP contribution in [0.15, 0.2) is 29.6 Å². The largest absolute Gasteiger partial charge is 0.144 e. The van der Waals surface area contributed by atoms with E-state index in [4.69, 9.17) is 0 Å². The Hall–Kier alpha value is -0.160. The Labute approximate surface area is 115 Å². The zero-order chi connectivity index (χ0) is 11.1. The van der Waals surface area contributed by atoms with Crippen molar-refractivity contribution < 1.29 is 0 Å². The van der Waals surface area contributed by atoms with Gasteiger partial charge in [-0.25, -0.2) is 0 Å². The van der Waals surface area contributed by atoms with E-state index in [-0.39, 0.29) is 0 Å². The average molecular weight is 329 g/mol. The molecule has 0 aliphatic heterocycles. The molecule has 0 aromatic carbocycles. The Morgan fingerprint density at radius 2 is 1.94 bits per heavy atom. The average Bonchev–Trinajstić information content (AvgIpc) is 2.89. The fourth-order valence-electron chi connectivity index (χ4n) is 1.64. The van der Waals surface area contributed by atoms with Gasteiger partial charge in [-0.15, -0.1) is 34.0 Å². The van der Waals surface area contributed by atoms with Gasteiger partial charge in [-0.2, -0.15) is 0 Å². The molecular formula is C12H9BrS3. The van der Waals surface area contributed by atoms with E-state index >= 15 is 0 Å². The molecule has 0 radical (unpaired) electrons. The van der Waals surface area contributed by atoms with Crippen LogP contribution in [0, 0.1) is 6.92 Å². The number of halogens is 1. The van der Waals surface area contributed by atoms with Crippen LogP contribution in [-0.2, 0) is 0 Å². The highest BCUT2D eigenvalue weighted by Gasteiger charge is 2.15. The van der Waals surface area contributed by atoms with E-state index in [1.807, 2.05) is 34.0 Å². The third-order valence-corrected chi connectivity index (χ3v) is 7.24. The molecule has 0 nitrogen and oxygen atoms in total. The zero-order valence-corrected chi connectivity index (χ0v) is 12.6. The Balaban J connectivity index is 2.00. The molecule has 0 saturated heterocycles. The number of thiophene rings is 3. The molecule has 0 aliphatic carbocycles. The van der Waals surface area contributed by atoms with E-state index in [1.165, 1.54) is 24.0 Å². The maximum absolute atomic E-state index is 3.80. The summed E-state index contributed by atoms with van der Waals surface area (Å²) in [5.74, 6) is 0. The minimum Gasteiger partial charge on any atom is -0.144 e. The summed E-state index contributed by atoms with van der Waals surface area (Å²) in [6, 6.07) is 8.91. The predicted molar refractivity (Wildman–Crippen MR) is 79.5 cm³/mol. The second kappa shape index (κ2) is 4.26. The fourth-order valence-corrected chi connectivity index (χ4v) is 5.55. The minimum atomic E-state index is 0.357. The van der Waals surface area contributed by atoms with Gasteiger partial charge in [0, 0.05) is 24.0 Å².